The number of ether oxygens (including phenoxy) is 2. The maximum Gasteiger partial charge on any atom is 0.469 e. The van der Waals surface area contributed by atoms with Crippen LogP contribution in [-0.4, -0.2) is 41.0 Å². The molecule has 0 fully saturated rings. The average Bonchev–Trinajstić information content (AvgIpc) is 3.02. The molecule has 0 aromatic rings. The number of carbonyl (C=O) groups excluding carboxylic acids is 2. The molecule has 0 heterocycles. The second-order valence-corrected chi connectivity index (χ2v) is 13.8. The van der Waals surface area contributed by atoms with Gasteiger partial charge in [-0.2, -0.15) is 0 Å². The summed E-state index contributed by atoms with van der Waals surface area (Å²) in [6.07, 6.45) is 36.1. The van der Waals surface area contributed by atoms with Crippen LogP contribution in [-0.2, 0) is 28.2 Å². The summed E-state index contributed by atoms with van der Waals surface area (Å²) in [5.41, 5.74) is 0. The van der Waals surface area contributed by atoms with Gasteiger partial charge in [-0.05, 0) is 44.9 Å². The van der Waals surface area contributed by atoms with E-state index in [1.165, 1.54) is 89.9 Å². The van der Waals surface area contributed by atoms with Gasteiger partial charge in [0.1, 0.15) is 6.61 Å². The van der Waals surface area contributed by atoms with Crippen molar-refractivity contribution in [3.8, 4) is 0 Å². The molecule has 0 spiro atoms. The zero-order valence-electron chi connectivity index (χ0n) is 29.5. The van der Waals surface area contributed by atoms with Crippen LogP contribution in [0.3, 0.4) is 0 Å². The molecule has 0 aromatic carbocycles. The molecule has 0 radical (unpaired) electrons. The van der Waals surface area contributed by atoms with Crippen LogP contribution in [0.2, 0.25) is 0 Å². The van der Waals surface area contributed by atoms with Crippen molar-refractivity contribution in [2.45, 2.75) is 187 Å². The lowest BCUT2D eigenvalue weighted by atomic mass is 10.0. The second-order valence-electron chi connectivity index (χ2n) is 12.6. The molecule has 0 aliphatic heterocycles. The van der Waals surface area contributed by atoms with Crippen molar-refractivity contribution >= 4 is 19.8 Å². The van der Waals surface area contributed by atoms with Crippen LogP contribution in [0.4, 0.5) is 0 Å². The van der Waals surface area contributed by atoms with E-state index in [4.69, 9.17) is 19.3 Å². The third kappa shape index (κ3) is 35.4. The van der Waals surface area contributed by atoms with Gasteiger partial charge in [-0.15, -0.1) is 0 Å². The lowest BCUT2D eigenvalue weighted by Crippen LogP contribution is -2.29. The Kier molecular flexibility index (Phi) is 32.4. The summed E-state index contributed by atoms with van der Waals surface area (Å²) in [7, 11) is -4.75. The number of esters is 2. The van der Waals surface area contributed by atoms with Crippen LogP contribution < -0.4 is 0 Å². The standard InChI is InChI=1S/C37H69O8P/c1-3-5-7-9-11-13-15-17-18-20-22-24-26-28-30-32-37(39)45-35(34-44-46(40,41)42)33-43-36(38)31-29-27-25-23-21-19-16-14-12-10-8-6-4-2/h11,13,17-18,35H,3-10,12,14-16,19-34H2,1-2H3,(H2,40,41,42)/b13-11-,18-17-. The highest BCUT2D eigenvalue weighted by Gasteiger charge is 2.22. The van der Waals surface area contributed by atoms with Gasteiger partial charge in [-0.3, -0.25) is 14.1 Å². The van der Waals surface area contributed by atoms with Gasteiger partial charge in [0.25, 0.3) is 0 Å². The highest BCUT2D eigenvalue weighted by atomic mass is 31.2. The van der Waals surface area contributed by atoms with Crippen molar-refractivity contribution in [3.63, 3.8) is 0 Å². The summed E-state index contributed by atoms with van der Waals surface area (Å²) in [6.45, 7) is 3.64. The van der Waals surface area contributed by atoms with E-state index in [0.717, 1.165) is 57.8 Å². The van der Waals surface area contributed by atoms with E-state index in [1.807, 2.05) is 0 Å². The maximum absolute atomic E-state index is 12.3. The first kappa shape index (κ1) is 44.5. The number of unbranched alkanes of at least 4 members (excludes halogenated alkanes) is 20. The molecular formula is C37H69O8P. The number of allylic oxidation sites excluding steroid dienone is 4. The van der Waals surface area contributed by atoms with Crippen molar-refractivity contribution in [1.82, 2.24) is 0 Å². The quantitative estimate of drug-likeness (QED) is 0.0300. The Morgan fingerprint density at radius 3 is 1.48 bits per heavy atom. The lowest BCUT2D eigenvalue weighted by Gasteiger charge is -2.18. The predicted octanol–water partition coefficient (Wildman–Crippen LogP) is 10.8. The van der Waals surface area contributed by atoms with Gasteiger partial charge < -0.3 is 19.3 Å². The Labute approximate surface area is 281 Å². The molecule has 1 unspecified atom stereocenters. The Morgan fingerprint density at radius 2 is 0.978 bits per heavy atom. The molecule has 0 aromatic heterocycles. The fourth-order valence-electron chi connectivity index (χ4n) is 5.17. The van der Waals surface area contributed by atoms with Crippen LogP contribution in [0, 0.1) is 0 Å². The molecular weight excluding hydrogens is 603 g/mol. The van der Waals surface area contributed by atoms with Gasteiger partial charge in [0.15, 0.2) is 6.10 Å². The van der Waals surface area contributed by atoms with Gasteiger partial charge in [-0.25, -0.2) is 4.57 Å². The largest absolute Gasteiger partial charge is 0.469 e. The minimum Gasteiger partial charge on any atom is -0.462 e. The number of hydrogen-bond acceptors (Lipinski definition) is 6. The Balaban J connectivity index is 3.99. The number of rotatable bonds is 34. The molecule has 8 nitrogen and oxygen atoms in total. The van der Waals surface area contributed by atoms with Crippen molar-refractivity contribution in [2.75, 3.05) is 13.2 Å². The highest BCUT2D eigenvalue weighted by Crippen LogP contribution is 2.36. The number of phosphoric acid groups is 1. The second kappa shape index (κ2) is 33.4. The predicted molar refractivity (Wildman–Crippen MR) is 189 cm³/mol. The molecule has 0 saturated carbocycles. The molecule has 0 aliphatic carbocycles. The summed E-state index contributed by atoms with van der Waals surface area (Å²) in [5.74, 6) is -0.897. The zero-order chi connectivity index (χ0) is 34.0. The zero-order valence-corrected chi connectivity index (χ0v) is 30.4. The van der Waals surface area contributed by atoms with Crippen LogP contribution >= 0.6 is 7.82 Å². The molecule has 0 rings (SSSR count). The molecule has 0 saturated heterocycles. The summed E-state index contributed by atoms with van der Waals surface area (Å²) >= 11 is 0. The van der Waals surface area contributed by atoms with E-state index < -0.39 is 32.5 Å². The van der Waals surface area contributed by atoms with Crippen molar-refractivity contribution in [1.29, 1.82) is 0 Å². The molecule has 270 valence electrons. The fraction of sp³-hybridized carbons (Fsp3) is 0.838. The maximum atomic E-state index is 12.3. The van der Waals surface area contributed by atoms with Gasteiger partial charge in [0, 0.05) is 12.8 Å². The van der Waals surface area contributed by atoms with E-state index in [9.17, 15) is 14.2 Å². The normalized spacial score (nSPS) is 12.7. The van der Waals surface area contributed by atoms with Gasteiger partial charge in [0.05, 0.1) is 6.61 Å². The first-order chi connectivity index (χ1) is 22.3. The van der Waals surface area contributed by atoms with E-state index >= 15 is 0 Å². The monoisotopic (exact) mass is 672 g/mol. The summed E-state index contributed by atoms with van der Waals surface area (Å²) in [4.78, 5) is 42.6. The van der Waals surface area contributed by atoms with Crippen molar-refractivity contribution in [2.24, 2.45) is 0 Å². The molecule has 46 heavy (non-hydrogen) atoms. The summed E-state index contributed by atoms with van der Waals surface area (Å²) in [5, 5.41) is 0. The Hall–Kier alpha value is -1.47. The minimum atomic E-state index is -4.75. The Bertz CT molecular complexity index is 807. The molecule has 1 atom stereocenters. The molecule has 0 aliphatic rings. The summed E-state index contributed by atoms with van der Waals surface area (Å²) < 4.78 is 26.3. The SMILES string of the molecule is CCCCC/C=C\C/C=C\CCCCCCCC(=O)OC(COC(=O)CCCCCCCCCCCCCCC)COP(=O)(O)O. The lowest BCUT2D eigenvalue weighted by molar-refractivity contribution is -0.161. The molecule has 0 amide bonds. The molecule has 2 N–H and O–H groups in total. The van der Waals surface area contributed by atoms with Crippen molar-refractivity contribution in [3.05, 3.63) is 24.3 Å². The first-order valence-electron chi connectivity index (χ1n) is 18.6. The van der Waals surface area contributed by atoms with Gasteiger partial charge in [0.2, 0.25) is 0 Å². The van der Waals surface area contributed by atoms with E-state index in [1.54, 1.807) is 0 Å². The fourth-order valence-corrected chi connectivity index (χ4v) is 5.53. The van der Waals surface area contributed by atoms with Gasteiger partial charge >= 0.3 is 19.8 Å². The highest BCUT2D eigenvalue weighted by molar-refractivity contribution is 7.46. The number of hydrogen-bond donors (Lipinski definition) is 2. The third-order valence-electron chi connectivity index (χ3n) is 7.97. The smallest absolute Gasteiger partial charge is 0.462 e. The van der Waals surface area contributed by atoms with Crippen LogP contribution in [0.5, 0.6) is 0 Å². The van der Waals surface area contributed by atoms with Crippen LogP contribution in [0.15, 0.2) is 24.3 Å². The Morgan fingerprint density at radius 1 is 0.565 bits per heavy atom. The van der Waals surface area contributed by atoms with E-state index in [2.05, 4.69) is 42.7 Å². The average molecular weight is 673 g/mol. The third-order valence-corrected chi connectivity index (χ3v) is 8.46. The first-order valence-corrected chi connectivity index (χ1v) is 20.2. The topological polar surface area (TPSA) is 119 Å². The number of phosphoric ester groups is 1. The van der Waals surface area contributed by atoms with Crippen LogP contribution in [0.1, 0.15) is 181 Å². The van der Waals surface area contributed by atoms with Crippen molar-refractivity contribution < 1.29 is 37.9 Å². The molecule has 0 bridgehead atoms. The van der Waals surface area contributed by atoms with E-state index in [-0.39, 0.29) is 19.4 Å². The minimum absolute atomic E-state index is 0.198. The van der Waals surface area contributed by atoms with Gasteiger partial charge in [-0.1, -0.05) is 147 Å². The summed E-state index contributed by atoms with van der Waals surface area (Å²) in [6, 6.07) is 0. The van der Waals surface area contributed by atoms with E-state index in [0.29, 0.717) is 6.42 Å². The number of carbonyl (C=O) groups is 2. The van der Waals surface area contributed by atoms with Crippen LogP contribution in [0.25, 0.3) is 0 Å². The molecule has 9 heteroatoms.